The van der Waals surface area contributed by atoms with Crippen LogP contribution in [-0.2, 0) is 0 Å². The molecule has 0 bridgehead atoms. The fraction of sp³-hybridized carbons (Fsp3) is 0.316. The SMILES string of the molecule is Cc1ccc(C(=O)N2CCN(c3ccc(N)cc3)CC2)cc1C. The number of rotatable bonds is 2. The molecule has 1 aliphatic rings. The molecule has 0 unspecified atom stereocenters. The maximum Gasteiger partial charge on any atom is 0.253 e. The lowest BCUT2D eigenvalue weighted by atomic mass is 10.1. The second-order valence-electron chi connectivity index (χ2n) is 6.17. The molecule has 1 saturated heterocycles. The highest BCUT2D eigenvalue weighted by molar-refractivity contribution is 5.94. The minimum absolute atomic E-state index is 0.130. The first-order chi connectivity index (χ1) is 11.0. The van der Waals surface area contributed by atoms with E-state index in [0.29, 0.717) is 0 Å². The first kappa shape index (κ1) is 15.4. The van der Waals surface area contributed by atoms with Gasteiger partial charge in [0.1, 0.15) is 0 Å². The Morgan fingerprint density at radius 2 is 1.57 bits per heavy atom. The van der Waals surface area contributed by atoms with Crippen molar-refractivity contribution in [1.29, 1.82) is 0 Å². The summed E-state index contributed by atoms with van der Waals surface area (Å²) in [4.78, 5) is 16.9. The molecule has 0 saturated carbocycles. The van der Waals surface area contributed by atoms with Crippen LogP contribution in [0.1, 0.15) is 21.5 Å². The Hall–Kier alpha value is -2.49. The topological polar surface area (TPSA) is 49.6 Å². The number of nitrogens with two attached hydrogens (primary N) is 1. The van der Waals surface area contributed by atoms with Gasteiger partial charge in [-0.25, -0.2) is 0 Å². The summed E-state index contributed by atoms with van der Waals surface area (Å²) in [6.07, 6.45) is 0. The summed E-state index contributed by atoms with van der Waals surface area (Å²) in [5.41, 5.74) is 10.8. The second-order valence-corrected chi connectivity index (χ2v) is 6.17. The van der Waals surface area contributed by atoms with Crippen molar-refractivity contribution >= 4 is 17.3 Å². The highest BCUT2D eigenvalue weighted by Crippen LogP contribution is 2.19. The third kappa shape index (κ3) is 3.31. The summed E-state index contributed by atoms with van der Waals surface area (Å²) in [7, 11) is 0. The van der Waals surface area contributed by atoms with Crippen LogP contribution in [0.3, 0.4) is 0 Å². The van der Waals surface area contributed by atoms with Crippen LogP contribution in [0.4, 0.5) is 11.4 Å². The predicted molar refractivity (Wildman–Crippen MR) is 94.9 cm³/mol. The largest absolute Gasteiger partial charge is 0.399 e. The monoisotopic (exact) mass is 309 g/mol. The third-order valence-corrected chi connectivity index (χ3v) is 4.58. The van der Waals surface area contributed by atoms with Gasteiger partial charge >= 0.3 is 0 Å². The summed E-state index contributed by atoms with van der Waals surface area (Å²) in [5.74, 6) is 0.130. The standard InChI is InChI=1S/C19H23N3O/c1-14-3-4-16(13-15(14)2)19(23)22-11-9-21(10-12-22)18-7-5-17(20)6-8-18/h3-8,13H,9-12,20H2,1-2H3. The summed E-state index contributed by atoms with van der Waals surface area (Å²) >= 11 is 0. The lowest BCUT2D eigenvalue weighted by molar-refractivity contribution is 0.0746. The average Bonchev–Trinajstić information content (AvgIpc) is 2.57. The van der Waals surface area contributed by atoms with Gasteiger partial charge in [0.25, 0.3) is 5.91 Å². The van der Waals surface area contributed by atoms with Crippen LogP contribution in [0.25, 0.3) is 0 Å². The van der Waals surface area contributed by atoms with Crippen molar-refractivity contribution in [2.75, 3.05) is 36.8 Å². The second kappa shape index (κ2) is 6.32. The number of nitrogens with zero attached hydrogens (tertiary/aromatic N) is 2. The van der Waals surface area contributed by atoms with Crippen molar-refractivity contribution in [3.05, 3.63) is 59.2 Å². The molecule has 2 N–H and O–H groups in total. The number of hydrogen-bond donors (Lipinski definition) is 1. The van der Waals surface area contributed by atoms with E-state index in [2.05, 4.69) is 11.8 Å². The Balaban J connectivity index is 1.65. The van der Waals surface area contributed by atoms with Crippen LogP contribution in [0.2, 0.25) is 0 Å². The van der Waals surface area contributed by atoms with E-state index in [4.69, 9.17) is 5.73 Å². The van der Waals surface area contributed by atoms with E-state index in [1.165, 1.54) is 5.56 Å². The quantitative estimate of drug-likeness (QED) is 0.868. The number of carbonyl (C=O) groups is 1. The molecule has 1 amide bonds. The number of amides is 1. The molecule has 0 atom stereocenters. The van der Waals surface area contributed by atoms with E-state index < -0.39 is 0 Å². The number of hydrogen-bond acceptors (Lipinski definition) is 3. The zero-order valence-corrected chi connectivity index (χ0v) is 13.7. The Morgan fingerprint density at radius 1 is 0.913 bits per heavy atom. The van der Waals surface area contributed by atoms with Crippen LogP contribution in [0.15, 0.2) is 42.5 Å². The number of nitrogen functional groups attached to an aromatic ring is 1. The van der Waals surface area contributed by atoms with Crippen LogP contribution >= 0.6 is 0 Å². The molecule has 1 heterocycles. The molecule has 1 aliphatic heterocycles. The Bertz CT molecular complexity index is 701. The molecule has 3 rings (SSSR count). The maximum atomic E-state index is 12.6. The van der Waals surface area contributed by atoms with Crippen molar-refractivity contribution in [2.45, 2.75) is 13.8 Å². The molecule has 0 aliphatic carbocycles. The zero-order valence-electron chi connectivity index (χ0n) is 13.7. The maximum absolute atomic E-state index is 12.6. The van der Waals surface area contributed by atoms with Crippen molar-refractivity contribution in [3.63, 3.8) is 0 Å². The average molecular weight is 309 g/mol. The van der Waals surface area contributed by atoms with Gasteiger partial charge in [0, 0.05) is 43.1 Å². The smallest absolute Gasteiger partial charge is 0.253 e. The van der Waals surface area contributed by atoms with Crippen molar-refractivity contribution in [3.8, 4) is 0 Å². The van der Waals surface area contributed by atoms with Crippen molar-refractivity contribution < 1.29 is 4.79 Å². The van der Waals surface area contributed by atoms with E-state index in [9.17, 15) is 4.79 Å². The Morgan fingerprint density at radius 3 is 2.17 bits per heavy atom. The fourth-order valence-electron chi connectivity index (χ4n) is 2.91. The van der Waals surface area contributed by atoms with E-state index in [1.54, 1.807) is 0 Å². The van der Waals surface area contributed by atoms with Crippen molar-refractivity contribution in [1.82, 2.24) is 4.90 Å². The van der Waals surface area contributed by atoms with Gasteiger partial charge in [-0.1, -0.05) is 6.07 Å². The molecule has 2 aromatic rings. The third-order valence-electron chi connectivity index (χ3n) is 4.58. The van der Waals surface area contributed by atoms with Gasteiger partial charge in [-0.3, -0.25) is 4.79 Å². The number of carbonyl (C=O) groups excluding carboxylic acids is 1. The molecule has 23 heavy (non-hydrogen) atoms. The van der Waals surface area contributed by atoms with Gasteiger partial charge in [0.05, 0.1) is 0 Å². The lowest BCUT2D eigenvalue weighted by Crippen LogP contribution is -2.48. The normalized spacial score (nSPS) is 14.9. The highest BCUT2D eigenvalue weighted by Gasteiger charge is 2.22. The van der Waals surface area contributed by atoms with E-state index in [0.717, 1.165) is 48.7 Å². The highest BCUT2D eigenvalue weighted by atomic mass is 16.2. The van der Waals surface area contributed by atoms with Gasteiger partial charge in [-0.15, -0.1) is 0 Å². The molecule has 1 fully saturated rings. The summed E-state index contributed by atoms with van der Waals surface area (Å²) in [5, 5.41) is 0. The fourth-order valence-corrected chi connectivity index (χ4v) is 2.91. The van der Waals surface area contributed by atoms with E-state index in [1.807, 2.05) is 54.3 Å². The molecule has 0 aromatic heterocycles. The number of anilines is 2. The molecule has 4 heteroatoms. The van der Waals surface area contributed by atoms with Crippen LogP contribution in [0.5, 0.6) is 0 Å². The minimum atomic E-state index is 0.130. The Labute approximate surface area is 137 Å². The molecule has 4 nitrogen and oxygen atoms in total. The summed E-state index contributed by atoms with van der Waals surface area (Å²) < 4.78 is 0. The molecule has 0 radical (unpaired) electrons. The van der Waals surface area contributed by atoms with Crippen LogP contribution in [-0.4, -0.2) is 37.0 Å². The number of aryl methyl sites for hydroxylation is 2. The van der Waals surface area contributed by atoms with Gasteiger partial charge in [-0.2, -0.15) is 0 Å². The number of benzene rings is 2. The molecular weight excluding hydrogens is 286 g/mol. The molecular formula is C19H23N3O. The van der Waals surface area contributed by atoms with Crippen LogP contribution in [0, 0.1) is 13.8 Å². The zero-order chi connectivity index (χ0) is 16.4. The molecule has 2 aromatic carbocycles. The van der Waals surface area contributed by atoms with Crippen molar-refractivity contribution in [2.24, 2.45) is 0 Å². The molecule has 120 valence electrons. The summed E-state index contributed by atoms with van der Waals surface area (Å²) in [6, 6.07) is 13.9. The van der Waals surface area contributed by atoms with Gasteiger partial charge in [0.15, 0.2) is 0 Å². The first-order valence-electron chi connectivity index (χ1n) is 8.01. The Kier molecular flexibility index (Phi) is 4.24. The van der Waals surface area contributed by atoms with Gasteiger partial charge in [-0.05, 0) is 61.4 Å². The van der Waals surface area contributed by atoms with Crippen LogP contribution < -0.4 is 10.6 Å². The lowest BCUT2D eigenvalue weighted by Gasteiger charge is -2.36. The summed E-state index contributed by atoms with van der Waals surface area (Å²) in [6.45, 7) is 7.30. The number of piperazine rings is 1. The first-order valence-corrected chi connectivity index (χ1v) is 8.01. The molecule has 0 spiro atoms. The van der Waals surface area contributed by atoms with Gasteiger partial charge in [0.2, 0.25) is 0 Å². The predicted octanol–water partition coefficient (Wildman–Crippen LogP) is 2.85. The van der Waals surface area contributed by atoms with E-state index >= 15 is 0 Å². The van der Waals surface area contributed by atoms with Gasteiger partial charge < -0.3 is 15.5 Å². The minimum Gasteiger partial charge on any atom is -0.399 e. The van der Waals surface area contributed by atoms with E-state index in [-0.39, 0.29) is 5.91 Å².